The van der Waals surface area contributed by atoms with Crippen molar-refractivity contribution in [1.82, 2.24) is 9.36 Å². The van der Waals surface area contributed by atoms with E-state index in [0.29, 0.717) is 42.2 Å². The molecule has 0 atom stereocenters. The van der Waals surface area contributed by atoms with Gasteiger partial charge in [-0.05, 0) is 61.5 Å². The van der Waals surface area contributed by atoms with Crippen LogP contribution in [-0.4, -0.2) is 15.3 Å². The van der Waals surface area contributed by atoms with E-state index in [1.807, 2.05) is 0 Å². The van der Waals surface area contributed by atoms with Crippen LogP contribution in [0.25, 0.3) is 0 Å². The third-order valence-corrected chi connectivity index (χ3v) is 8.29. The number of anilines is 2. The van der Waals surface area contributed by atoms with Crippen LogP contribution in [-0.2, 0) is 16.8 Å². The Balaban J connectivity index is 1.41. The van der Waals surface area contributed by atoms with Crippen LogP contribution in [0.1, 0.15) is 29.8 Å². The first-order valence-corrected chi connectivity index (χ1v) is 12.0. The first kappa shape index (κ1) is 21.3. The van der Waals surface area contributed by atoms with Crippen LogP contribution < -0.4 is 9.62 Å². The molecular formula is C20H14Cl3FN4OS2. The summed E-state index contributed by atoms with van der Waals surface area (Å²) in [6.45, 7) is 1.93. The molecule has 1 N–H and O–H groups in total. The second-order valence-corrected chi connectivity index (χ2v) is 10.2. The lowest BCUT2D eigenvalue weighted by Crippen LogP contribution is -2.31. The number of nitrogens with one attached hydrogen (secondary N) is 1. The molecule has 3 aromatic rings. The Morgan fingerprint density at radius 3 is 2.71 bits per heavy atom. The SMILES string of the molecule is Cc1nsc(NSc2cc(Cl)c(CN3C(=O)C4(CC4)c4c3ccc(Cl)c4Cl)cc2F)n1. The predicted octanol–water partition coefficient (Wildman–Crippen LogP) is 6.64. The fourth-order valence-electron chi connectivity index (χ4n) is 3.82. The summed E-state index contributed by atoms with van der Waals surface area (Å²) in [6, 6.07) is 6.37. The van der Waals surface area contributed by atoms with Gasteiger partial charge in [0.1, 0.15) is 11.6 Å². The fourth-order valence-corrected chi connectivity index (χ4v) is 5.89. The largest absolute Gasteiger partial charge is 0.307 e. The molecule has 1 saturated carbocycles. The normalized spacial score (nSPS) is 16.2. The van der Waals surface area contributed by atoms with Gasteiger partial charge in [-0.2, -0.15) is 4.37 Å². The lowest BCUT2D eigenvalue weighted by molar-refractivity contribution is -0.120. The number of rotatable bonds is 5. The van der Waals surface area contributed by atoms with E-state index in [2.05, 4.69) is 14.1 Å². The third kappa shape index (κ3) is 3.58. The highest BCUT2D eigenvalue weighted by Gasteiger charge is 2.60. The minimum Gasteiger partial charge on any atom is -0.307 e. The van der Waals surface area contributed by atoms with E-state index in [1.54, 1.807) is 30.0 Å². The number of nitrogens with zero attached hydrogens (tertiary/aromatic N) is 3. The Morgan fingerprint density at radius 2 is 2.03 bits per heavy atom. The van der Waals surface area contributed by atoms with Gasteiger partial charge >= 0.3 is 0 Å². The van der Waals surface area contributed by atoms with Gasteiger partial charge < -0.3 is 9.62 Å². The molecule has 160 valence electrons. The van der Waals surface area contributed by atoms with Gasteiger partial charge in [-0.25, -0.2) is 9.37 Å². The molecule has 0 radical (unpaired) electrons. The molecule has 31 heavy (non-hydrogen) atoms. The van der Waals surface area contributed by atoms with Gasteiger partial charge in [0, 0.05) is 27.8 Å². The first-order chi connectivity index (χ1) is 14.8. The van der Waals surface area contributed by atoms with Gasteiger partial charge in [0.15, 0.2) is 0 Å². The van der Waals surface area contributed by atoms with Gasteiger partial charge in [0.2, 0.25) is 11.0 Å². The Bertz CT molecular complexity index is 1230. The lowest BCUT2D eigenvalue weighted by atomic mass is 9.98. The average molecular weight is 516 g/mol. The van der Waals surface area contributed by atoms with Crippen molar-refractivity contribution >= 4 is 75.0 Å². The zero-order chi connectivity index (χ0) is 21.9. The van der Waals surface area contributed by atoms with E-state index < -0.39 is 11.2 Å². The van der Waals surface area contributed by atoms with Gasteiger partial charge in [0.25, 0.3) is 0 Å². The number of aryl methyl sites for hydroxylation is 1. The molecule has 11 heteroatoms. The highest BCUT2D eigenvalue weighted by molar-refractivity contribution is 8.00. The summed E-state index contributed by atoms with van der Waals surface area (Å²) < 4.78 is 21.8. The number of carbonyl (C=O) groups excluding carboxylic acids is 1. The Labute approximate surface area is 201 Å². The van der Waals surface area contributed by atoms with E-state index in [4.69, 9.17) is 34.8 Å². The molecule has 1 spiro atoms. The molecule has 5 rings (SSSR count). The van der Waals surface area contributed by atoms with Crippen LogP contribution in [0.2, 0.25) is 15.1 Å². The van der Waals surface area contributed by atoms with E-state index in [0.717, 1.165) is 30.4 Å². The smallest absolute Gasteiger partial charge is 0.238 e. The highest BCUT2D eigenvalue weighted by atomic mass is 35.5. The zero-order valence-corrected chi connectivity index (χ0v) is 19.9. The zero-order valence-electron chi connectivity index (χ0n) is 16.0. The molecule has 1 aliphatic heterocycles. The van der Waals surface area contributed by atoms with Gasteiger partial charge in [-0.15, -0.1) is 0 Å². The van der Waals surface area contributed by atoms with Gasteiger partial charge in [-0.1, -0.05) is 34.8 Å². The van der Waals surface area contributed by atoms with E-state index in [-0.39, 0.29) is 12.5 Å². The number of fused-ring (bicyclic) bond motifs is 2. The Morgan fingerprint density at radius 1 is 1.26 bits per heavy atom. The lowest BCUT2D eigenvalue weighted by Gasteiger charge is -2.19. The summed E-state index contributed by atoms with van der Waals surface area (Å²) in [6.07, 6.45) is 1.45. The molecule has 1 aromatic heterocycles. The molecule has 1 fully saturated rings. The molecule has 2 aliphatic rings. The maximum atomic E-state index is 14.8. The molecule has 0 saturated heterocycles. The van der Waals surface area contributed by atoms with Crippen molar-refractivity contribution in [3.05, 3.63) is 62.1 Å². The quantitative estimate of drug-likeness (QED) is 0.386. The van der Waals surface area contributed by atoms with Crippen LogP contribution in [0.4, 0.5) is 15.2 Å². The summed E-state index contributed by atoms with van der Waals surface area (Å²) in [5.74, 6) is 0.155. The van der Waals surface area contributed by atoms with Crippen molar-refractivity contribution in [1.29, 1.82) is 0 Å². The molecule has 0 unspecified atom stereocenters. The van der Waals surface area contributed by atoms with Crippen molar-refractivity contribution in [3.63, 3.8) is 0 Å². The molecule has 2 heterocycles. The summed E-state index contributed by atoms with van der Waals surface area (Å²) in [5, 5.41) is 1.77. The Kier molecular flexibility index (Phi) is 5.34. The van der Waals surface area contributed by atoms with Gasteiger partial charge in [-0.3, -0.25) is 4.79 Å². The number of hydrogen-bond donors (Lipinski definition) is 1. The van der Waals surface area contributed by atoms with Crippen molar-refractivity contribution in [2.75, 3.05) is 9.62 Å². The number of amides is 1. The topological polar surface area (TPSA) is 58.1 Å². The van der Waals surface area contributed by atoms with Crippen molar-refractivity contribution in [2.45, 2.75) is 36.6 Å². The number of aromatic nitrogens is 2. The maximum absolute atomic E-state index is 14.8. The standard InChI is InChI=1S/C20H14Cl3FN4OS2/c1-9-25-19(31-26-9)27-30-15-7-12(22)10(6-13(15)24)8-28-14-3-2-11(21)17(23)16(14)20(4-5-20)18(28)29/h2-3,6-7H,4-5,8H2,1H3,(H,25,26,27). The molecule has 0 bridgehead atoms. The van der Waals surface area contributed by atoms with Crippen LogP contribution in [0.15, 0.2) is 29.2 Å². The van der Waals surface area contributed by atoms with Crippen molar-refractivity contribution < 1.29 is 9.18 Å². The molecule has 2 aromatic carbocycles. The number of hydrogen-bond acceptors (Lipinski definition) is 6. The first-order valence-electron chi connectivity index (χ1n) is 9.32. The minimum atomic E-state index is -0.609. The van der Waals surface area contributed by atoms with Crippen LogP contribution >= 0.6 is 58.3 Å². The second kappa shape index (κ2) is 7.78. The van der Waals surface area contributed by atoms with E-state index >= 15 is 0 Å². The van der Waals surface area contributed by atoms with Crippen LogP contribution in [0.5, 0.6) is 0 Å². The summed E-state index contributed by atoms with van der Waals surface area (Å²) in [5.41, 5.74) is 1.38. The van der Waals surface area contributed by atoms with Crippen LogP contribution in [0, 0.1) is 12.7 Å². The van der Waals surface area contributed by atoms with E-state index in [1.165, 1.54) is 17.6 Å². The summed E-state index contributed by atoms with van der Waals surface area (Å²) >= 11 is 21.4. The number of benzene rings is 2. The summed E-state index contributed by atoms with van der Waals surface area (Å²) in [4.78, 5) is 19.3. The van der Waals surface area contributed by atoms with Crippen LogP contribution in [0.3, 0.4) is 0 Å². The predicted molar refractivity (Wildman–Crippen MR) is 124 cm³/mol. The highest BCUT2D eigenvalue weighted by Crippen LogP contribution is 2.60. The minimum absolute atomic E-state index is 0.0464. The molecular weight excluding hydrogens is 502 g/mol. The maximum Gasteiger partial charge on any atom is 0.238 e. The third-order valence-electron chi connectivity index (χ3n) is 5.45. The average Bonchev–Trinajstić information content (AvgIpc) is 3.37. The second-order valence-electron chi connectivity index (χ2n) is 7.45. The summed E-state index contributed by atoms with van der Waals surface area (Å²) in [7, 11) is 0. The van der Waals surface area contributed by atoms with E-state index in [9.17, 15) is 9.18 Å². The van der Waals surface area contributed by atoms with Crippen molar-refractivity contribution in [3.8, 4) is 0 Å². The number of carbonyl (C=O) groups is 1. The van der Waals surface area contributed by atoms with Crippen molar-refractivity contribution in [2.24, 2.45) is 0 Å². The van der Waals surface area contributed by atoms with Gasteiger partial charge in [0.05, 0.1) is 26.9 Å². The monoisotopic (exact) mass is 514 g/mol. The Hall–Kier alpha value is -1.58. The number of halogens is 4. The fraction of sp³-hybridized carbons (Fsp3) is 0.250. The molecule has 5 nitrogen and oxygen atoms in total. The molecule has 1 aliphatic carbocycles. The molecule has 1 amide bonds.